The molecule has 0 saturated carbocycles. The Bertz CT molecular complexity index is 1120. The maximum atomic E-state index is 13.7. The Hall–Kier alpha value is -3.11. The van der Waals surface area contributed by atoms with Gasteiger partial charge in [0.05, 0.1) is 6.42 Å². The third-order valence-electron chi connectivity index (χ3n) is 5.50. The Kier molecular flexibility index (Phi) is 8.51. The smallest absolute Gasteiger partial charge is 0.243 e. The van der Waals surface area contributed by atoms with E-state index < -0.39 is 11.6 Å². The van der Waals surface area contributed by atoms with Crippen LogP contribution in [0.25, 0.3) is 0 Å². The van der Waals surface area contributed by atoms with E-state index in [0.717, 1.165) is 22.3 Å². The Morgan fingerprint density at radius 1 is 0.912 bits per heavy atom. The fourth-order valence-corrected chi connectivity index (χ4v) is 4.12. The summed E-state index contributed by atoms with van der Waals surface area (Å²) in [6.45, 7) is 8.19. The van der Waals surface area contributed by atoms with Gasteiger partial charge >= 0.3 is 0 Å². The van der Waals surface area contributed by atoms with Gasteiger partial charge in [0.1, 0.15) is 6.04 Å². The van der Waals surface area contributed by atoms with Gasteiger partial charge in [-0.05, 0) is 50.5 Å². The summed E-state index contributed by atoms with van der Waals surface area (Å²) in [7, 11) is 0. The predicted octanol–water partition coefficient (Wildman–Crippen LogP) is 5.75. The average Bonchev–Trinajstić information content (AvgIpc) is 2.77. The number of carbonyl (C=O) groups excluding carboxylic acids is 2. The molecule has 2 amide bonds. The van der Waals surface area contributed by atoms with Crippen molar-refractivity contribution in [1.82, 2.24) is 10.2 Å². The van der Waals surface area contributed by atoms with Crippen LogP contribution < -0.4 is 5.32 Å². The first-order valence-electron chi connectivity index (χ1n) is 11.6. The van der Waals surface area contributed by atoms with Gasteiger partial charge in [0, 0.05) is 23.5 Å². The van der Waals surface area contributed by atoms with Crippen molar-refractivity contribution >= 4 is 23.4 Å². The quantitative estimate of drug-likeness (QED) is 0.450. The van der Waals surface area contributed by atoms with Crippen LogP contribution in [-0.4, -0.2) is 28.3 Å². The molecule has 34 heavy (non-hydrogen) atoms. The van der Waals surface area contributed by atoms with Crippen molar-refractivity contribution in [3.8, 4) is 0 Å². The van der Waals surface area contributed by atoms with Gasteiger partial charge in [-0.15, -0.1) is 0 Å². The largest absolute Gasteiger partial charge is 0.350 e. The van der Waals surface area contributed by atoms with Crippen molar-refractivity contribution in [3.05, 3.63) is 106 Å². The number of hydrogen-bond donors (Lipinski definition) is 1. The molecular weight excluding hydrogens is 444 g/mol. The SMILES string of the molecule is Cc1cccc(CN(C(=O)Cc2ccccc2Cl)[C@H](Cc2ccccc2)C(=O)NC(C)(C)C)c1. The van der Waals surface area contributed by atoms with E-state index in [0.29, 0.717) is 18.0 Å². The molecular formula is C29H33ClN2O2. The molecule has 0 aliphatic rings. The van der Waals surface area contributed by atoms with Crippen molar-refractivity contribution in [1.29, 1.82) is 0 Å². The van der Waals surface area contributed by atoms with Crippen molar-refractivity contribution < 1.29 is 9.59 Å². The normalized spacial score (nSPS) is 12.1. The number of amides is 2. The lowest BCUT2D eigenvalue weighted by atomic mass is 9.99. The second-order valence-corrected chi connectivity index (χ2v) is 10.1. The minimum Gasteiger partial charge on any atom is -0.350 e. The molecule has 0 radical (unpaired) electrons. The van der Waals surface area contributed by atoms with Crippen molar-refractivity contribution in [2.45, 2.75) is 58.7 Å². The highest BCUT2D eigenvalue weighted by atomic mass is 35.5. The average molecular weight is 477 g/mol. The number of nitrogens with zero attached hydrogens (tertiary/aromatic N) is 1. The number of nitrogens with one attached hydrogen (secondary N) is 1. The van der Waals surface area contributed by atoms with Crippen LogP contribution in [-0.2, 0) is 29.0 Å². The summed E-state index contributed by atoms with van der Waals surface area (Å²) in [5.41, 5.74) is 3.41. The molecule has 0 aliphatic heterocycles. The summed E-state index contributed by atoms with van der Waals surface area (Å²) < 4.78 is 0. The molecule has 5 heteroatoms. The molecule has 0 heterocycles. The summed E-state index contributed by atoms with van der Waals surface area (Å²) in [5.74, 6) is -0.309. The van der Waals surface area contributed by atoms with E-state index in [2.05, 4.69) is 11.4 Å². The molecule has 178 valence electrons. The van der Waals surface area contributed by atoms with Crippen LogP contribution in [0.4, 0.5) is 0 Å². The summed E-state index contributed by atoms with van der Waals surface area (Å²) >= 11 is 6.36. The Morgan fingerprint density at radius 2 is 1.56 bits per heavy atom. The van der Waals surface area contributed by atoms with E-state index >= 15 is 0 Å². The number of benzene rings is 3. The maximum absolute atomic E-state index is 13.7. The monoisotopic (exact) mass is 476 g/mol. The van der Waals surface area contributed by atoms with Gasteiger partial charge < -0.3 is 10.2 Å². The summed E-state index contributed by atoms with van der Waals surface area (Å²) in [4.78, 5) is 29.0. The maximum Gasteiger partial charge on any atom is 0.243 e. The van der Waals surface area contributed by atoms with E-state index in [1.54, 1.807) is 11.0 Å². The van der Waals surface area contributed by atoms with E-state index in [9.17, 15) is 9.59 Å². The molecule has 3 aromatic carbocycles. The van der Waals surface area contributed by atoms with Crippen LogP contribution in [0.2, 0.25) is 5.02 Å². The number of rotatable bonds is 8. The van der Waals surface area contributed by atoms with Crippen LogP contribution in [0.3, 0.4) is 0 Å². The first kappa shape index (κ1) is 25.5. The van der Waals surface area contributed by atoms with Gasteiger partial charge in [0.2, 0.25) is 11.8 Å². The minimum atomic E-state index is -0.669. The Labute approximate surface area is 207 Å². The van der Waals surface area contributed by atoms with Crippen molar-refractivity contribution in [3.63, 3.8) is 0 Å². The first-order valence-corrected chi connectivity index (χ1v) is 11.9. The predicted molar refractivity (Wildman–Crippen MR) is 139 cm³/mol. The molecule has 0 bridgehead atoms. The van der Waals surface area contributed by atoms with Gasteiger partial charge in [-0.1, -0.05) is 90.0 Å². The molecule has 4 nitrogen and oxygen atoms in total. The molecule has 3 aromatic rings. The molecule has 0 fully saturated rings. The fourth-order valence-electron chi connectivity index (χ4n) is 3.92. The first-order chi connectivity index (χ1) is 16.1. The molecule has 0 saturated heterocycles. The molecule has 3 rings (SSSR count). The zero-order chi connectivity index (χ0) is 24.7. The number of halogens is 1. The second kappa shape index (κ2) is 11.3. The van der Waals surface area contributed by atoms with Crippen LogP contribution in [0.15, 0.2) is 78.9 Å². The number of hydrogen-bond acceptors (Lipinski definition) is 2. The standard InChI is InChI=1S/C29H33ClN2O2/c1-21-11-10-14-23(17-21)20-32(27(33)19-24-15-8-9-16-25(24)30)26(28(34)31-29(2,3)4)18-22-12-6-5-7-13-22/h5-17,26H,18-20H2,1-4H3,(H,31,34)/t26-/m1/s1. The third-order valence-corrected chi connectivity index (χ3v) is 5.87. The topological polar surface area (TPSA) is 49.4 Å². The molecule has 0 spiro atoms. The van der Waals surface area contributed by atoms with E-state index in [-0.39, 0.29) is 18.2 Å². The highest BCUT2D eigenvalue weighted by Gasteiger charge is 2.32. The Balaban J connectivity index is 2.00. The summed E-state index contributed by atoms with van der Waals surface area (Å²) in [6, 6.07) is 24.5. The molecule has 0 aromatic heterocycles. The highest BCUT2D eigenvalue weighted by Crippen LogP contribution is 2.21. The van der Waals surface area contributed by atoms with Gasteiger partial charge in [-0.3, -0.25) is 9.59 Å². The van der Waals surface area contributed by atoms with Gasteiger partial charge in [-0.25, -0.2) is 0 Å². The fraction of sp³-hybridized carbons (Fsp3) is 0.310. The lowest BCUT2D eigenvalue weighted by Crippen LogP contribution is -2.54. The van der Waals surface area contributed by atoms with E-state index in [4.69, 9.17) is 11.6 Å². The minimum absolute atomic E-state index is 0.125. The molecule has 0 unspecified atom stereocenters. The lowest BCUT2D eigenvalue weighted by molar-refractivity contribution is -0.141. The van der Waals surface area contributed by atoms with Crippen LogP contribution in [0.5, 0.6) is 0 Å². The number of aryl methyl sites for hydroxylation is 1. The van der Waals surface area contributed by atoms with E-state index in [1.165, 1.54) is 0 Å². The summed E-state index contributed by atoms with van der Waals surface area (Å²) in [6.07, 6.45) is 0.544. The molecule has 1 atom stereocenters. The van der Waals surface area contributed by atoms with Gasteiger partial charge in [0.15, 0.2) is 0 Å². The molecule has 1 N–H and O–H groups in total. The van der Waals surface area contributed by atoms with Gasteiger partial charge in [-0.2, -0.15) is 0 Å². The summed E-state index contributed by atoms with van der Waals surface area (Å²) in [5, 5.41) is 3.63. The van der Waals surface area contributed by atoms with Crippen LogP contribution in [0.1, 0.15) is 43.0 Å². The number of carbonyl (C=O) groups is 2. The van der Waals surface area contributed by atoms with Crippen LogP contribution in [0, 0.1) is 6.92 Å². The van der Waals surface area contributed by atoms with Crippen molar-refractivity contribution in [2.24, 2.45) is 0 Å². The lowest BCUT2D eigenvalue weighted by Gasteiger charge is -2.34. The molecule has 0 aliphatic carbocycles. The Morgan fingerprint density at radius 3 is 2.21 bits per heavy atom. The van der Waals surface area contributed by atoms with Crippen molar-refractivity contribution in [2.75, 3.05) is 0 Å². The zero-order valence-electron chi connectivity index (χ0n) is 20.3. The second-order valence-electron chi connectivity index (χ2n) is 9.72. The van der Waals surface area contributed by atoms with Gasteiger partial charge in [0.25, 0.3) is 0 Å². The van der Waals surface area contributed by atoms with Crippen LogP contribution >= 0.6 is 11.6 Å². The highest BCUT2D eigenvalue weighted by molar-refractivity contribution is 6.31. The van der Waals surface area contributed by atoms with E-state index in [1.807, 2.05) is 94.4 Å². The zero-order valence-corrected chi connectivity index (χ0v) is 21.1. The third kappa shape index (κ3) is 7.46.